The van der Waals surface area contributed by atoms with Crippen molar-refractivity contribution in [2.24, 2.45) is 32.4 Å². The van der Waals surface area contributed by atoms with Gasteiger partial charge in [-0.05, 0) is 60.7 Å². The van der Waals surface area contributed by atoms with Crippen molar-refractivity contribution in [2.45, 2.75) is 58.8 Å². The molecule has 4 bridgehead atoms. The standard InChI is InChI=1S/C14H23ClN2/c1-12-3-10-4-13(2,7-12)9-14(5-10,8-12)6-11(16)17-15/h10H,3-9H2,1-2H3,(H2,16,17). The van der Waals surface area contributed by atoms with Gasteiger partial charge in [-0.2, -0.15) is 4.51 Å². The van der Waals surface area contributed by atoms with E-state index in [1.54, 1.807) is 0 Å². The fourth-order valence-electron chi connectivity index (χ4n) is 6.30. The molecule has 0 aromatic carbocycles. The Hall–Kier alpha value is -0.240. The van der Waals surface area contributed by atoms with Crippen LogP contribution in [0.3, 0.4) is 0 Å². The van der Waals surface area contributed by atoms with Crippen LogP contribution in [0.5, 0.6) is 0 Å². The summed E-state index contributed by atoms with van der Waals surface area (Å²) in [6.45, 7) is 4.97. The number of amidine groups is 1. The SMILES string of the molecule is CC12CC3CC(C)(C1)CC(C/C(N)=N/Cl)(C3)C2. The molecule has 2 unspecified atom stereocenters. The topological polar surface area (TPSA) is 38.4 Å². The summed E-state index contributed by atoms with van der Waals surface area (Å²) in [6.07, 6.45) is 9.21. The Morgan fingerprint density at radius 2 is 1.76 bits per heavy atom. The van der Waals surface area contributed by atoms with Crippen LogP contribution in [0.4, 0.5) is 0 Å². The van der Waals surface area contributed by atoms with E-state index in [2.05, 4.69) is 18.4 Å². The van der Waals surface area contributed by atoms with Crippen LogP contribution in [-0.2, 0) is 0 Å². The van der Waals surface area contributed by atoms with Crippen molar-refractivity contribution in [1.82, 2.24) is 0 Å². The first-order valence-corrected chi connectivity index (χ1v) is 7.13. The number of halogens is 1. The minimum atomic E-state index is 0.408. The van der Waals surface area contributed by atoms with Gasteiger partial charge in [0.05, 0.1) is 0 Å². The van der Waals surface area contributed by atoms with Gasteiger partial charge in [0.2, 0.25) is 0 Å². The van der Waals surface area contributed by atoms with Crippen molar-refractivity contribution in [3.8, 4) is 0 Å². The van der Waals surface area contributed by atoms with Crippen LogP contribution < -0.4 is 5.73 Å². The van der Waals surface area contributed by atoms with Crippen LogP contribution >= 0.6 is 11.8 Å². The van der Waals surface area contributed by atoms with Crippen molar-refractivity contribution in [2.75, 3.05) is 0 Å². The van der Waals surface area contributed by atoms with Gasteiger partial charge < -0.3 is 5.73 Å². The second kappa shape index (κ2) is 3.40. The summed E-state index contributed by atoms with van der Waals surface area (Å²) in [5.41, 5.74) is 7.42. The molecule has 0 heterocycles. The Bertz CT molecular complexity index is 358. The number of nitrogens with two attached hydrogens (primary N) is 1. The Kier molecular flexibility index (Phi) is 2.37. The quantitative estimate of drug-likeness (QED) is 0.589. The van der Waals surface area contributed by atoms with E-state index < -0.39 is 0 Å². The van der Waals surface area contributed by atoms with Gasteiger partial charge in [0.15, 0.2) is 0 Å². The second-order valence-electron chi connectivity index (χ2n) is 7.88. The normalized spacial score (nSPS) is 53.1. The van der Waals surface area contributed by atoms with E-state index in [9.17, 15) is 0 Å². The van der Waals surface area contributed by atoms with E-state index in [4.69, 9.17) is 17.5 Å². The fourth-order valence-corrected chi connectivity index (χ4v) is 6.36. The van der Waals surface area contributed by atoms with Crippen molar-refractivity contribution in [3.63, 3.8) is 0 Å². The molecule has 0 amide bonds. The monoisotopic (exact) mass is 254 g/mol. The molecular formula is C14H23ClN2. The van der Waals surface area contributed by atoms with Gasteiger partial charge in [-0.1, -0.05) is 13.8 Å². The zero-order chi connectivity index (χ0) is 12.3. The summed E-state index contributed by atoms with van der Waals surface area (Å²) in [5.74, 6) is 1.56. The highest BCUT2D eigenvalue weighted by atomic mass is 35.5. The molecule has 4 aliphatic carbocycles. The molecule has 0 spiro atoms. The van der Waals surface area contributed by atoms with Crippen LogP contribution in [-0.4, -0.2) is 5.84 Å². The molecule has 4 saturated carbocycles. The molecule has 2 atom stereocenters. The predicted molar refractivity (Wildman–Crippen MR) is 71.9 cm³/mol. The molecule has 96 valence electrons. The summed E-state index contributed by atoms with van der Waals surface area (Å²) in [5, 5.41) is 0. The van der Waals surface area contributed by atoms with Gasteiger partial charge in [-0.15, -0.1) is 0 Å². The fraction of sp³-hybridized carbons (Fsp3) is 0.929. The van der Waals surface area contributed by atoms with Crippen LogP contribution in [0.2, 0.25) is 0 Å². The van der Waals surface area contributed by atoms with Crippen LogP contribution in [0.1, 0.15) is 58.8 Å². The van der Waals surface area contributed by atoms with Gasteiger partial charge in [-0.3, -0.25) is 0 Å². The molecular weight excluding hydrogens is 232 g/mol. The Morgan fingerprint density at radius 1 is 1.18 bits per heavy atom. The molecule has 17 heavy (non-hydrogen) atoms. The zero-order valence-corrected chi connectivity index (χ0v) is 11.7. The smallest absolute Gasteiger partial charge is 0.114 e. The maximum atomic E-state index is 5.90. The third kappa shape index (κ3) is 1.89. The Balaban J connectivity index is 1.92. The van der Waals surface area contributed by atoms with Gasteiger partial charge in [0.25, 0.3) is 0 Å². The average molecular weight is 255 g/mol. The number of rotatable bonds is 2. The molecule has 2 N–H and O–H groups in total. The summed E-state index contributed by atoms with van der Waals surface area (Å²) in [6, 6.07) is 0. The lowest BCUT2D eigenvalue weighted by molar-refractivity contribution is -0.141. The second-order valence-corrected chi connectivity index (χ2v) is 8.05. The minimum Gasteiger partial charge on any atom is -0.386 e. The van der Waals surface area contributed by atoms with Gasteiger partial charge in [-0.25, -0.2) is 0 Å². The third-order valence-electron chi connectivity index (χ3n) is 5.41. The molecule has 0 radical (unpaired) electrons. The van der Waals surface area contributed by atoms with E-state index in [1.807, 2.05) is 0 Å². The largest absolute Gasteiger partial charge is 0.386 e. The van der Waals surface area contributed by atoms with E-state index >= 15 is 0 Å². The van der Waals surface area contributed by atoms with E-state index in [0.717, 1.165) is 12.3 Å². The van der Waals surface area contributed by atoms with Crippen LogP contribution in [0.15, 0.2) is 4.51 Å². The van der Waals surface area contributed by atoms with Crippen LogP contribution in [0, 0.1) is 22.2 Å². The molecule has 4 rings (SSSR count). The van der Waals surface area contributed by atoms with Gasteiger partial charge in [0, 0.05) is 18.2 Å². The highest BCUT2D eigenvalue weighted by Gasteiger charge is 2.59. The van der Waals surface area contributed by atoms with E-state index in [-0.39, 0.29) is 0 Å². The third-order valence-corrected chi connectivity index (χ3v) is 5.62. The summed E-state index contributed by atoms with van der Waals surface area (Å²) in [4.78, 5) is 0. The summed E-state index contributed by atoms with van der Waals surface area (Å²) >= 11 is 5.52. The van der Waals surface area contributed by atoms with Crippen LogP contribution in [0.25, 0.3) is 0 Å². The van der Waals surface area contributed by atoms with E-state index in [0.29, 0.717) is 22.1 Å². The first-order valence-electron chi connectivity index (χ1n) is 6.80. The minimum absolute atomic E-state index is 0.408. The molecule has 0 aromatic rings. The van der Waals surface area contributed by atoms with Crippen molar-refractivity contribution < 1.29 is 0 Å². The summed E-state index contributed by atoms with van der Waals surface area (Å²) < 4.78 is 3.68. The summed E-state index contributed by atoms with van der Waals surface area (Å²) in [7, 11) is 0. The lowest BCUT2D eigenvalue weighted by atomic mass is 9.40. The van der Waals surface area contributed by atoms with Crippen molar-refractivity contribution in [3.05, 3.63) is 0 Å². The van der Waals surface area contributed by atoms with Crippen molar-refractivity contribution >= 4 is 17.6 Å². The number of hydrogen-bond acceptors (Lipinski definition) is 1. The van der Waals surface area contributed by atoms with Gasteiger partial charge in [0.1, 0.15) is 5.84 Å². The molecule has 2 nitrogen and oxygen atoms in total. The van der Waals surface area contributed by atoms with Crippen molar-refractivity contribution in [1.29, 1.82) is 0 Å². The van der Waals surface area contributed by atoms with Gasteiger partial charge >= 0.3 is 0 Å². The average Bonchev–Trinajstić information content (AvgIpc) is 2.10. The first-order chi connectivity index (χ1) is 7.86. The molecule has 0 saturated heterocycles. The zero-order valence-electron chi connectivity index (χ0n) is 10.9. The first kappa shape index (κ1) is 11.8. The molecule has 4 fully saturated rings. The lowest BCUT2D eigenvalue weighted by Crippen LogP contribution is -2.55. The van der Waals surface area contributed by atoms with E-state index in [1.165, 1.54) is 38.5 Å². The Morgan fingerprint density at radius 3 is 2.24 bits per heavy atom. The predicted octanol–water partition coefficient (Wildman–Crippen LogP) is 3.88. The maximum Gasteiger partial charge on any atom is 0.114 e. The highest BCUT2D eigenvalue weighted by Crippen LogP contribution is 2.70. The number of hydrogen-bond donors (Lipinski definition) is 1. The molecule has 0 aromatic heterocycles. The lowest BCUT2D eigenvalue weighted by Gasteiger charge is -2.65. The molecule has 3 heteroatoms. The molecule has 0 aliphatic heterocycles. The maximum absolute atomic E-state index is 5.90. The highest BCUT2D eigenvalue weighted by molar-refractivity contribution is 6.19. The number of nitrogens with zero attached hydrogens (tertiary/aromatic N) is 1. The molecule has 4 aliphatic rings. The Labute approximate surface area is 109 Å².